The Morgan fingerprint density at radius 1 is 1.12 bits per heavy atom. The van der Waals surface area contributed by atoms with Gasteiger partial charge in [-0.1, -0.05) is 34.1 Å². The van der Waals surface area contributed by atoms with Crippen LogP contribution in [0.15, 0.2) is 62.8 Å². The average molecular weight is 432 g/mol. The van der Waals surface area contributed by atoms with Crippen molar-refractivity contribution in [3.8, 4) is 11.8 Å². The van der Waals surface area contributed by atoms with Gasteiger partial charge in [0.15, 0.2) is 0 Å². The Morgan fingerprint density at radius 2 is 1.72 bits per heavy atom. The summed E-state index contributed by atoms with van der Waals surface area (Å²) in [6.45, 7) is 0. The summed E-state index contributed by atoms with van der Waals surface area (Å²) in [6, 6.07) is 12.0. The third kappa shape index (κ3) is 4.84. The first-order valence-corrected chi connectivity index (χ1v) is 8.88. The molecule has 2 aromatic rings. The molecule has 2 aromatic carbocycles. The molecule has 0 heterocycles. The Morgan fingerprint density at radius 3 is 2.28 bits per heavy atom. The highest BCUT2D eigenvalue weighted by molar-refractivity contribution is 9.10. The van der Waals surface area contributed by atoms with Crippen LogP contribution in [0.1, 0.15) is 5.56 Å². The van der Waals surface area contributed by atoms with Crippen LogP contribution in [-0.4, -0.2) is 14.8 Å². The van der Waals surface area contributed by atoms with Crippen molar-refractivity contribution in [2.24, 2.45) is 0 Å². The minimum Gasteiger partial charge on any atom is -0.405 e. The number of allylic oxidation sites excluding steroid dienone is 1. The van der Waals surface area contributed by atoms with E-state index < -0.39 is 26.9 Å². The van der Waals surface area contributed by atoms with Crippen molar-refractivity contribution >= 4 is 31.8 Å². The first kappa shape index (κ1) is 19.0. The van der Waals surface area contributed by atoms with Crippen LogP contribution < -0.4 is 4.74 Å². The van der Waals surface area contributed by atoms with E-state index in [1.807, 2.05) is 0 Å². The molecule has 0 bridgehead atoms. The number of para-hydroxylation sites is 1. The number of nitriles is 1. The maximum Gasteiger partial charge on any atom is 0.573 e. The summed E-state index contributed by atoms with van der Waals surface area (Å²) in [5.41, 5.74) is -0.183. The minimum absolute atomic E-state index is 0.155. The molecule has 0 aliphatic carbocycles. The van der Waals surface area contributed by atoms with Gasteiger partial charge < -0.3 is 4.74 Å². The molecular formula is C16H9BrF3NO3S. The second kappa shape index (κ2) is 7.29. The van der Waals surface area contributed by atoms with Gasteiger partial charge in [-0.05, 0) is 36.4 Å². The van der Waals surface area contributed by atoms with Crippen LogP contribution in [0.3, 0.4) is 0 Å². The molecule has 0 aromatic heterocycles. The Kier molecular flexibility index (Phi) is 5.55. The van der Waals surface area contributed by atoms with E-state index in [9.17, 15) is 26.9 Å². The predicted octanol–water partition coefficient (Wildman–Crippen LogP) is 4.69. The van der Waals surface area contributed by atoms with Crippen molar-refractivity contribution < 1.29 is 26.3 Å². The summed E-state index contributed by atoms with van der Waals surface area (Å²) >= 11 is 3.16. The molecule has 0 aliphatic heterocycles. The molecule has 0 unspecified atom stereocenters. The van der Waals surface area contributed by atoms with E-state index >= 15 is 0 Å². The van der Waals surface area contributed by atoms with Gasteiger partial charge >= 0.3 is 6.36 Å². The number of sulfone groups is 1. The summed E-state index contributed by atoms with van der Waals surface area (Å²) in [5.74, 6) is -0.603. The average Bonchev–Trinajstić information content (AvgIpc) is 2.52. The highest BCUT2D eigenvalue weighted by atomic mass is 79.9. The Balaban J connectivity index is 2.52. The SMILES string of the molecule is N#CC(=Cc1ccccc1OC(F)(F)F)S(=O)(=O)c1ccc(Br)cc1. The summed E-state index contributed by atoms with van der Waals surface area (Å²) in [6.07, 6.45) is -4.10. The van der Waals surface area contributed by atoms with E-state index in [1.54, 1.807) is 0 Å². The maximum absolute atomic E-state index is 12.5. The van der Waals surface area contributed by atoms with Gasteiger partial charge in [0.1, 0.15) is 16.7 Å². The number of hydrogen-bond donors (Lipinski definition) is 0. The number of ether oxygens (including phenoxy) is 1. The van der Waals surface area contributed by atoms with Crippen LogP contribution in [0.2, 0.25) is 0 Å². The third-order valence-electron chi connectivity index (χ3n) is 2.95. The zero-order valence-electron chi connectivity index (χ0n) is 12.3. The molecule has 0 fully saturated rings. The summed E-state index contributed by atoms with van der Waals surface area (Å²) in [7, 11) is -4.18. The van der Waals surface area contributed by atoms with Crippen LogP contribution in [0, 0.1) is 11.3 Å². The largest absolute Gasteiger partial charge is 0.573 e. The lowest BCUT2D eigenvalue weighted by Gasteiger charge is -2.11. The van der Waals surface area contributed by atoms with Crippen LogP contribution in [0.5, 0.6) is 5.75 Å². The smallest absolute Gasteiger partial charge is 0.405 e. The fraction of sp³-hybridized carbons (Fsp3) is 0.0625. The summed E-state index contributed by atoms with van der Waals surface area (Å²) in [4.78, 5) is -0.856. The van der Waals surface area contributed by atoms with Gasteiger partial charge in [-0.3, -0.25) is 0 Å². The van der Waals surface area contributed by atoms with Crippen molar-refractivity contribution in [2.45, 2.75) is 11.3 Å². The maximum atomic E-state index is 12.5. The van der Waals surface area contributed by atoms with Crippen LogP contribution >= 0.6 is 15.9 Å². The normalized spacial score (nSPS) is 12.5. The Hall–Kier alpha value is -2.31. The number of alkyl halides is 3. The number of hydrogen-bond acceptors (Lipinski definition) is 4. The molecule has 0 N–H and O–H groups in total. The van der Waals surface area contributed by atoms with Crippen molar-refractivity contribution in [2.75, 3.05) is 0 Å². The van der Waals surface area contributed by atoms with Gasteiger partial charge in [0, 0.05) is 10.0 Å². The fourth-order valence-electron chi connectivity index (χ4n) is 1.87. The summed E-state index contributed by atoms with van der Waals surface area (Å²) < 4.78 is 66.8. The van der Waals surface area contributed by atoms with Crippen LogP contribution in [0.4, 0.5) is 13.2 Å². The van der Waals surface area contributed by atoms with Crippen LogP contribution in [0.25, 0.3) is 6.08 Å². The van der Waals surface area contributed by atoms with Gasteiger partial charge in [0.25, 0.3) is 0 Å². The number of benzene rings is 2. The number of rotatable bonds is 4. The van der Waals surface area contributed by atoms with E-state index in [-0.39, 0.29) is 10.5 Å². The van der Waals surface area contributed by atoms with Gasteiger partial charge in [-0.25, -0.2) is 8.42 Å². The van der Waals surface area contributed by atoms with E-state index in [0.717, 1.165) is 12.1 Å². The molecule has 4 nitrogen and oxygen atoms in total. The van der Waals surface area contributed by atoms with Gasteiger partial charge in [0.2, 0.25) is 9.84 Å². The number of nitrogens with zero attached hydrogens (tertiary/aromatic N) is 1. The molecule has 0 amide bonds. The molecule has 0 atom stereocenters. The third-order valence-corrected chi connectivity index (χ3v) is 5.16. The van der Waals surface area contributed by atoms with E-state index in [2.05, 4.69) is 20.7 Å². The fourth-order valence-corrected chi connectivity index (χ4v) is 3.28. The molecular weight excluding hydrogens is 423 g/mol. The molecule has 2 rings (SSSR count). The summed E-state index contributed by atoms with van der Waals surface area (Å²) in [5, 5.41) is 9.19. The van der Waals surface area contributed by atoms with E-state index in [1.165, 1.54) is 48.5 Å². The highest BCUT2D eigenvalue weighted by Crippen LogP contribution is 2.30. The molecule has 25 heavy (non-hydrogen) atoms. The van der Waals surface area contributed by atoms with Crippen molar-refractivity contribution in [3.05, 3.63) is 63.5 Å². The van der Waals surface area contributed by atoms with Crippen molar-refractivity contribution in [1.29, 1.82) is 5.26 Å². The zero-order chi connectivity index (χ0) is 18.7. The van der Waals surface area contributed by atoms with Gasteiger partial charge in [0.05, 0.1) is 4.90 Å². The molecule has 9 heteroatoms. The van der Waals surface area contributed by atoms with E-state index in [4.69, 9.17) is 0 Å². The second-order valence-corrected chi connectivity index (χ2v) is 7.50. The Labute approximate surface area is 150 Å². The standard InChI is InChI=1S/C16H9BrF3NO3S/c17-12-5-7-13(8-6-12)25(22,23)14(10-21)9-11-3-1-2-4-15(11)24-16(18,19)20/h1-9H. The molecule has 130 valence electrons. The minimum atomic E-state index is -4.94. The molecule has 0 saturated carbocycles. The molecule has 0 saturated heterocycles. The second-order valence-electron chi connectivity index (χ2n) is 4.66. The Bertz CT molecular complexity index is 946. The monoisotopic (exact) mass is 431 g/mol. The predicted molar refractivity (Wildman–Crippen MR) is 88.0 cm³/mol. The van der Waals surface area contributed by atoms with Gasteiger partial charge in [-0.2, -0.15) is 5.26 Å². The quantitative estimate of drug-likeness (QED) is 0.658. The molecule has 0 radical (unpaired) electrons. The lowest BCUT2D eigenvalue weighted by atomic mass is 10.2. The van der Waals surface area contributed by atoms with E-state index in [0.29, 0.717) is 4.47 Å². The van der Waals surface area contributed by atoms with Gasteiger partial charge in [-0.15, -0.1) is 13.2 Å². The lowest BCUT2D eigenvalue weighted by molar-refractivity contribution is -0.274. The molecule has 0 spiro atoms. The van der Waals surface area contributed by atoms with Crippen molar-refractivity contribution in [1.82, 2.24) is 0 Å². The highest BCUT2D eigenvalue weighted by Gasteiger charge is 2.32. The zero-order valence-corrected chi connectivity index (χ0v) is 14.7. The van der Waals surface area contributed by atoms with Crippen molar-refractivity contribution in [3.63, 3.8) is 0 Å². The number of halogens is 4. The molecule has 0 aliphatic rings. The topological polar surface area (TPSA) is 67.2 Å². The lowest BCUT2D eigenvalue weighted by Crippen LogP contribution is -2.17. The first-order valence-electron chi connectivity index (χ1n) is 6.61. The van der Waals surface area contributed by atoms with Crippen LogP contribution in [-0.2, 0) is 9.84 Å². The first-order chi connectivity index (χ1) is 11.6.